The summed E-state index contributed by atoms with van der Waals surface area (Å²) in [6, 6.07) is 4.97. The van der Waals surface area contributed by atoms with E-state index in [1.54, 1.807) is 26.0 Å². The van der Waals surface area contributed by atoms with Crippen LogP contribution in [0.3, 0.4) is 0 Å². The largest absolute Gasteiger partial charge is 0.493 e. The second-order valence-corrected chi connectivity index (χ2v) is 8.72. The number of alkyl halides is 2. The van der Waals surface area contributed by atoms with E-state index in [1.165, 1.54) is 13.2 Å². The van der Waals surface area contributed by atoms with E-state index in [1.807, 2.05) is 0 Å². The van der Waals surface area contributed by atoms with Gasteiger partial charge in [0.2, 0.25) is 0 Å². The lowest BCUT2D eigenvalue weighted by molar-refractivity contribution is -0.0722. The zero-order chi connectivity index (χ0) is 26.0. The third-order valence-electron chi connectivity index (χ3n) is 5.94. The summed E-state index contributed by atoms with van der Waals surface area (Å²) in [6.07, 6.45) is 0.630. The monoisotopic (exact) mass is 506 g/mol. The van der Waals surface area contributed by atoms with Gasteiger partial charge in [0.1, 0.15) is 30.2 Å². The molecule has 36 heavy (non-hydrogen) atoms. The normalized spacial score (nSPS) is 16.8. The van der Waals surface area contributed by atoms with Gasteiger partial charge in [-0.25, -0.2) is 14.4 Å². The Kier molecular flexibility index (Phi) is 7.41. The number of nitrogen functional groups attached to an aromatic ring is 1. The van der Waals surface area contributed by atoms with Crippen molar-refractivity contribution >= 4 is 22.4 Å². The zero-order valence-corrected chi connectivity index (χ0v) is 20.5. The van der Waals surface area contributed by atoms with Crippen molar-refractivity contribution < 1.29 is 32.1 Å². The molecule has 4 rings (SSSR count). The minimum absolute atomic E-state index is 0.00811. The number of nitrogens with two attached hydrogens (primary N) is 1. The average molecular weight is 507 g/mol. The molecule has 1 fully saturated rings. The minimum Gasteiger partial charge on any atom is -0.493 e. The Bertz CT molecular complexity index is 1250. The molecule has 2 heterocycles. The van der Waals surface area contributed by atoms with Crippen LogP contribution in [0.5, 0.6) is 11.5 Å². The smallest absolute Gasteiger partial charge is 0.298 e. The number of fused-ring (bicyclic) bond motifs is 1. The molecule has 0 unspecified atom stereocenters. The number of hydrogen-bond donors (Lipinski definition) is 2. The second kappa shape index (κ2) is 10.4. The molecule has 1 aliphatic rings. The predicted octanol–water partition coefficient (Wildman–Crippen LogP) is 4.75. The number of aromatic nitrogens is 2. The van der Waals surface area contributed by atoms with Gasteiger partial charge in [0.15, 0.2) is 11.5 Å². The molecule has 194 valence electrons. The molecule has 1 aromatic heterocycles. The lowest BCUT2D eigenvalue weighted by atomic mass is 9.99. The first-order valence-electron chi connectivity index (χ1n) is 11.5. The topological polar surface area (TPSA) is 101 Å². The summed E-state index contributed by atoms with van der Waals surface area (Å²) < 4.78 is 65.9. The van der Waals surface area contributed by atoms with Crippen molar-refractivity contribution in [2.75, 3.05) is 45.1 Å². The first-order valence-corrected chi connectivity index (χ1v) is 11.5. The molecule has 3 N–H and O–H groups in total. The van der Waals surface area contributed by atoms with Gasteiger partial charge in [0, 0.05) is 36.2 Å². The van der Waals surface area contributed by atoms with Crippen LogP contribution in [0.15, 0.2) is 24.3 Å². The number of methoxy groups -OCH3 is 2. The highest BCUT2D eigenvalue weighted by atomic mass is 19.3. The molecule has 2 atom stereocenters. The third kappa shape index (κ3) is 5.26. The minimum atomic E-state index is -3.55. The van der Waals surface area contributed by atoms with Crippen LogP contribution in [-0.2, 0) is 15.4 Å². The molecule has 2 aromatic carbocycles. The number of aryl methyl sites for hydroxylation is 1. The molecule has 8 nitrogen and oxygen atoms in total. The molecule has 0 saturated carbocycles. The van der Waals surface area contributed by atoms with Crippen LogP contribution in [0.4, 0.5) is 24.7 Å². The number of anilines is 2. The Labute approximate surface area is 206 Å². The van der Waals surface area contributed by atoms with E-state index in [-0.39, 0.29) is 17.4 Å². The molecular weight excluding hydrogens is 477 g/mol. The lowest BCUT2D eigenvalue weighted by Gasteiger charge is -2.23. The van der Waals surface area contributed by atoms with Crippen molar-refractivity contribution in [3.8, 4) is 11.5 Å². The summed E-state index contributed by atoms with van der Waals surface area (Å²) in [7, 11) is 2.66. The van der Waals surface area contributed by atoms with E-state index < -0.39 is 30.0 Å². The summed E-state index contributed by atoms with van der Waals surface area (Å²) in [5, 5.41) is 3.73. The van der Waals surface area contributed by atoms with Crippen molar-refractivity contribution in [1.82, 2.24) is 9.97 Å². The fraction of sp³-hybridized carbons (Fsp3) is 0.440. The molecule has 0 amide bonds. The van der Waals surface area contributed by atoms with Gasteiger partial charge >= 0.3 is 0 Å². The van der Waals surface area contributed by atoms with Crippen LogP contribution < -0.4 is 20.5 Å². The first-order chi connectivity index (χ1) is 17.1. The van der Waals surface area contributed by atoms with Crippen molar-refractivity contribution in [2.24, 2.45) is 0 Å². The Morgan fingerprint density at radius 2 is 1.97 bits per heavy atom. The van der Waals surface area contributed by atoms with Crippen molar-refractivity contribution in [1.29, 1.82) is 0 Å². The summed E-state index contributed by atoms with van der Waals surface area (Å²) in [4.78, 5) is 8.96. The van der Waals surface area contributed by atoms with E-state index in [0.717, 1.165) is 19.6 Å². The average Bonchev–Trinajstić information content (AvgIpc) is 3.33. The number of ether oxygens (including phenoxy) is 4. The quantitative estimate of drug-likeness (QED) is 0.401. The number of benzene rings is 2. The first kappa shape index (κ1) is 25.8. The van der Waals surface area contributed by atoms with E-state index in [0.29, 0.717) is 47.3 Å². The van der Waals surface area contributed by atoms with Crippen LogP contribution in [0.25, 0.3) is 10.9 Å². The maximum Gasteiger partial charge on any atom is 0.298 e. The molecule has 0 spiro atoms. The highest BCUT2D eigenvalue weighted by Crippen LogP contribution is 2.38. The Morgan fingerprint density at radius 3 is 2.64 bits per heavy atom. The van der Waals surface area contributed by atoms with Gasteiger partial charge in [0.25, 0.3) is 5.92 Å². The Hall–Kier alpha value is -3.31. The molecule has 0 aliphatic carbocycles. The molecule has 1 saturated heterocycles. The van der Waals surface area contributed by atoms with Gasteiger partial charge < -0.3 is 30.0 Å². The molecule has 0 bridgehead atoms. The van der Waals surface area contributed by atoms with Crippen LogP contribution >= 0.6 is 0 Å². The van der Waals surface area contributed by atoms with Crippen molar-refractivity contribution in [3.05, 3.63) is 47.0 Å². The standard InChI is InChI=1S/C25H29F3N4O4/c1-13(17-7-15(29)8-19(23(17)26)25(27,28)12-33-3)30-24-18-9-22(36-16-5-6-35-11-16)21(34-4)10-20(18)31-14(2)32-24/h7-10,13,16H,5-6,11-12,29H2,1-4H3,(H,30,31,32)/t13-,16+/m1/s1. The van der Waals surface area contributed by atoms with E-state index in [4.69, 9.17) is 19.9 Å². The number of hydrogen-bond acceptors (Lipinski definition) is 8. The van der Waals surface area contributed by atoms with E-state index in [2.05, 4.69) is 20.0 Å². The summed E-state index contributed by atoms with van der Waals surface area (Å²) in [6.45, 7) is 3.46. The van der Waals surface area contributed by atoms with Crippen LogP contribution in [0.2, 0.25) is 0 Å². The molecule has 11 heteroatoms. The number of rotatable bonds is 9. The lowest BCUT2D eigenvalue weighted by Crippen LogP contribution is -2.24. The zero-order valence-electron chi connectivity index (χ0n) is 20.5. The maximum absolute atomic E-state index is 15.3. The fourth-order valence-electron chi connectivity index (χ4n) is 4.19. The van der Waals surface area contributed by atoms with Gasteiger partial charge in [-0.2, -0.15) is 8.78 Å². The highest BCUT2D eigenvalue weighted by molar-refractivity contribution is 5.92. The maximum atomic E-state index is 15.3. The number of nitrogens with zero attached hydrogens (tertiary/aromatic N) is 2. The molecule has 3 aromatic rings. The summed E-state index contributed by atoms with van der Waals surface area (Å²) in [5.74, 6) is -2.79. The van der Waals surface area contributed by atoms with Gasteiger partial charge in [-0.3, -0.25) is 0 Å². The van der Waals surface area contributed by atoms with E-state index >= 15 is 4.39 Å². The van der Waals surface area contributed by atoms with Crippen LogP contribution in [0.1, 0.15) is 36.3 Å². The second-order valence-electron chi connectivity index (χ2n) is 8.72. The fourth-order valence-corrected chi connectivity index (χ4v) is 4.19. The van der Waals surface area contributed by atoms with Gasteiger partial charge in [0.05, 0.1) is 37.4 Å². The Morgan fingerprint density at radius 1 is 1.19 bits per heavy atom. The highest BCUT2D eigenvalue weighted by Gasteiger charge is 2.36. The SMILES string of the molecule is COCC(F)(F)c1cc(N)cc([C@@H](C)Nc2nc(C)nc3cc(OC)c(O[C@H]4CCOC4)cc23)c1F. The van der Waals surface area contributed by atoms with Crippen LogP contribution in [0, 0.1) is 12.7 Å². The Balaban J connectivity index is 1.73. The van der Waals surface area contributed by atoms with Gasteiger partial charge in [-0.1, -0.05) is 0 Å². The summed E-state index contributed by atoms with van der Waals surface area (Å²) in [5.41, 5.74) is 5.59. The molecular formula is C25H29F3N4O4. The van der Waals surface area contributed by atoms with Gasteiger partial charge in [-0.15, -0.1) is 0 Å². The number of nitrogens with one attached hydrogen (secondary N) is 1. The third-order valence-corrected chi connectivity index (χ3v) is 5.94. The van der Waals surface area contributed by atoms with Crippen molar-refractivity contribution in [3.63, 3.8) is 0 Å². The predicted molar refractivity (Wildman–Crippen MR) is 129 cm³/mol. The molecule has 0 radical (unpaired) electrons. The van der Waals surface area contributed by atoms with Gasteiger partial charge in [-0.05, 0) is 32.0 Å². The van der Waals surface area contributed by atoms with E-state index in [9.17, 15) is 8.78 Å². The van der Waals surface area contributed by atoms with Crippen LogP contribution in [-0.4, -0.2) is 50.1 Å². The summed E-state index contributed by atoms with van der Waals surface area (Å²) >= 11 is 0. The number of halogens is 3. The van der Waals surface area contributed by atoms with Crippen molar-refractivity contribution in [2.45, 2.75) is 38.3 Å². The molecule has 1 aliphatic heterocycles.